The fraction of sp³-hybridized carbons (Fsp3) is 0.389. The van der Waals surface area contributed by atoms with Gasteiger partial charge >= 0.3 is 5.97 Å². The SMILES string of the molecule is O=C(O)c1nc(CC2CCCC2)[nH]c(=O)c1OCc1ccccc1. The molecule has 6 heteroatoms. The van der Waals surface area contributed by atoms with Crippen LogP contribution in [0, 0.1) is 5.92 Å². The van der Waals surface area contributed by atoms with Gasteiger partial charge in [0.05, 0.1) is 0 Å². The number of benzene rings is 1. The fourth-order valence-corrected chi connectivity index (χ4v) is 3.10. The maximum absolute atomic E-state index is 12.3. The van der Waals surface area contributed by atoms with E-state index in [2.05, 4.69) is 9.97 Å². The Hall–Kier alpha value is -2.63. The van der Waals surface area contributed by atoms with Crippen molar-refractivity contribution in [3.63, 3.8) is 0 Å². The van der Waals surface area contributed by atoms with E-state index >= 15 is 0 Å². The Morgan fingerprint density at radius 1 is 1.25 bits per heavy atom. The first kappa shape index (κ1) is 16.2. The molecule has 6 nitrogen and oxygen atoms in total. The van der Waals surface area contributed by atoms with Crippen molar-refractivity contribution in [1.82, 2.24) is 9.97 Å². The van der Waals surface area contributed by atoms with E-state index in [0.717, 1.165) is 18.4 Å². The van der Waals surface area contributed by atoms with E-state index in [9.17, 15) is 14.7 Å². The van der Waals surface area contributed by atoms with Crippen LogP contribution in [-0.2, 0) is 13.0 Å². The number of carboxylic acids is 1. The zero-order chi connectivity index (χ0) is 16.9. The van der Waals surface area contributed by atoms with Crippen LogP contribution in [0.25, 0.3) is 0 Å². The molecule has 1 heterocycles. The summed E-state index contributed by atoms with van der Waals surface area (Å²) in [6.07, 6.45) is 5.16. The van der Waals surface area contributed by atoms with Crippen molar-refractivity contribution in [3.05, 3.63) is 57.8 Å². The molecule has 1 saturated carbocycles. The second-order valence-electron chi connectivity index (χ2n) is 6.12. The number of aromatic nitrogens is 2. The molecule has 3 rings (SSSR count). The minimum Gasteiger partial charge on any atom is -0.481 e. The number of aromatic carboxylic acids is 1. The third-order valence-corrected chi connectivity index (χ3v) is 4.31. The van der Waals surface area contributed by atoms with Gasteiger partial charge in [-0.15, -0.1) is 0 Å². The molecule has 1 aliphatic carbocycles. The molecule has 0 bridgehead atoms. The highest BCUT2D eigenvalue weighted by Gasteiger charge is 2.22. The number of hydrogen-bond acceptors (Lipinski definition) is 4. The first-order valence-electron chi connectivity index (χ1n) is 8.16. The lowest BCUT2D eigenvalue weighted by atomic mass is 10.0. The number of ether oxygens (including phenoxy) is 1. The first-order valence-corrected chi connectivity index (χ1v) is 8.16. The highest BCUT2D eigenvalue weighted by atomic mass is 16.5. The molecular weight excluding hydrogens is 308 g/mol. The number of rotatable bonds is 6. The van der Waals surface area contributed by atoms with Crippen LogP contribution in [0.15, 0.2) is 35.1 Å². The maximum Gasteiger partial charge on any atom is 0.358 e. The Bertz CT molecular complexity index is 764. The predicted molar refractivity (Wildman–Crippen MR) is 88.3 cm³/mol. The topological polar surface area (TPSA) is 92.3 Å². The van der Waals surface area contributed by atoms with E-state index in [-0.39, 0.29) is 18.1 Å². The Morgan fingerprint density at radius 2 is 1.96 bits per heavy atom. The van der Waals surface area contributed by atoms with Gasteiger partial charge in [0.15, 0.2) is 5.69 Å². The van der Waals surface area contributed by atoms with Crippen LogP contribution in [0.1, 0.15) is 47.6 Å². The zero-order valence-corrected chi connectivity index (χ0v) is 13.3. The van der Waals surface area contributed by atoms with E-state index in [1.807, 2.05) is 30.3 Å². The van der Waals surface area contributed by atoms with E-state index < -0.39 is 11.5 Å². The largest absolute Gasteiger partial charge is 0.481 e. The molecule has 0 spiro atoms. The van der Waals surface area contributed by atoms with E-state index in [1.54, 1.807) is 0 Å². The Balaban J connectivity index is 1.82. The van der Waals surface area contributed by atoms with Crippen molar-refractivity contribution in [2.75, 3.05) is 0 Å². The van der Waals surface area contributed by atoms with Gasteiger partial charge in [0, 0.05) is 6.42 Å². The summed E-state index contributed by atoms with van der Waals surface area (Å²) < 4.78 is 5.45. The number of aromatic amines is 1. The predicted octanol–water partition coefficient (Wildman–Crippen LogP) is 2.78. The third kappa shape index (κ3) is 3.82. The lowest BCUT2D eigenvalue weighted by molar-refractivity contribution is 0.0683. The molecule has 0 aliphatic heterocycles. The summed E-state index contributed by atoms with van der Waals surface area (Å²) in [6, 6.07) is 9.26. The number of hydrogen-bond donors (Lipinski definition) is 2. The molecule has 2 aromatic rings. The lowest BCUT2D eigenvalue weighted by Gasteiger charge is -2.11. The van der Waals surface area contributed by atoms with Gasteiger partial charge in [0.2, 0.25) is 5.75 Å². The Morgan fingerprint density at radius 3 is 2.62 bits per heavy atom. The highest BCUT2D eigenvalue weighted by Crippen LogP contribution is 2.27. The average molecular weight is 328 g/mol. The second kappa shape index (κ2) is 7.29. The second-order valence-corrected chi connectivity index (χ2v) is 6.12. The quantitative estimate of drug-likeness (QED) is 0.850. The van der Waals surface area contributed by atoms with Crippen molar-refractivity contribution in [2.45, 2.75) is 38.7 Å². The molecule has 0 radical (unpaired) electrons. The summed E-state index contributed by atoms with van der Waals surface area (Å²) in [4.78, 5) is 30.6. The summed E-state index contributed by atoms with van der Waals surface area (Å²) in [6.45, 7) is 0.119. The maximum atomic E-state index is 12.3. The average Bonchev–Trinajstić information content (AvgIpc) is 3.07. The molecule has 1 aromatic carbocycles. The van der Waals surface area contributed by atoms with E-state index in [4.69, 9.17) is 4.74 Å². The molecule has 0 saturated heterocycles. The van der Waals surface area contributed by atoms with Crippen molar-refractivity contribution >= 4 is 5.97 Å². The van der Waals surface area contributed by atoms with Crippen molar-refractivity contribution in [3.8, 4) is 5.75 Å². The van der Waals surface area contributed by atoms with Gasteiger partial charge in [-0.1, -0.05) is 56.0 Å². The van der Waals surface area contributed by atoms with Crippen LogP contribution in [-0.4, -0.2) is 21.0 Å². The Labute approximate surface area is 139 Å². The Kier molecular flexibility index (Phi) is 4.93. The number of nitrogens with one attached hydrogen (secondary N) is 1. The molecule has 0 unspecified atom stereocenters. The summed E-state index contributed by atoms with van der Waals surface area (Å²) in [5.74, 6) is -0.597. The van der Waals surface area contributed by atoms with Crippen LogP contribution in [0.4, 0.5) is 0 Å². The number of H-pyrrole nitrogens is 1. The summed E-state index contributed by atoms with van der Waals surface area (Å²) in [5, 5.41) is 9.38. The van der Waals surface area contributed by atoms with Gasteiger partial charge in [0.25, 0.3) is 5.56 Å². The smallest absolute Gasteiger partial charge is 0.358 e. The molecular formula is C18H20N2O4. The lowest BCUT2D eigenvalue weighted by Crippen LogP contribution is -2.21. The number of carboxylic acid groups (broad SMARTS) is 1. The van der Waals surface area contributed by atoms with E-state index in [0.29, 0.717) is 18.2 Å². The number of carbonyl (C=O) groups is 1. The van der Waals surface area contributed by atoms with Crippen LogP contribution in [0.3, 0.4) is 0 Å². The highest BCUT2D eigenvalue weighted by molar-refractivity contribution is 5.88. The molecule has 1 aromatic heterocycles. The van der Waals surface area contributed by atoms with Crippen LogP contribution >= 0.6 is 0 Å². The standard InChI is InChI=1S/C18H20N2O4/c21-17-16(24-11-13-8-2-1-3-9-13)15(18(22)23)19-14(20-17)10-12-6-4-5-7-12/h1-3,8-9,12H,4-7,10-11H2,(H,22,23)(H,19,20,21). The van der Waals surface area contributed by atoms with Gasteiger partial charge in [-0.05, 0) is 11.5 Å². The third-order valence-electron chi connectivity index (χ3n) is 4.31. The zero-order valence-electron chi connectivity index (χ0n) is 13.3. The van der Waals surface area contributed by atoms with Gasteiger partial charge in [-0.2, -0.15) is 0 Å². The van der Waals surface area contributed by atoms with Crippen LogP contribution < -0.4 is 10.3 Å². The summed E-state index contributed by atoms with van der Waals surface area (Å²) >= 11 is 0. The van der Waals surface area contributed by atoms with Crippen LogP contribution in [0.2, 0.25) is 0 Å². The van der Waals surface area contributed by atoms with Gasteiger partial charge in [-0.3, -0.25) is 4.79 Å². The molecule has 24 heavy (non-hydrogen) atoms. The van der Waals surface area contributed by atoms with Crippen LogP contribution in [0.5, 0.6) is 5.75 Å². The molecule has 0 amide bonds. The van der Waals surface area contributed by atoms with Gasteiger partial charge in [-0.25, -0.2) is 9.78 Å². The first-order chi connectivity index (χ1) is 11.6. The molecule has 0 atom stereocenters. The normalized spacial score (nSPS) is 14.7. The van der Waals surface area contributed by atoms with Crippen molar-refractivity contribution in [1.29, 1.82) is 0 Å². The number of nitrogens with zero attached hydrogens (tertiary/aromatic N) is 1. The van der Waals surface area contributed by atoms with Gasteiger partial charge < -0.3 is 14.8 Å². The van der Waals surface area contributed by atoms with Crippen molar-refractivity contribution < 1.29 is 14.6 Å². The summed E-state index contributed by atoms with van der Waals surface area (Å²) in [5.41, 5.74) is -0.00252. The molecule has 1 aliphatic rings. The minimum atomic E-state index is -1.25. The fourth-order valence-electron chi connectivity index (χ4n) is 3.10. The summed E-state index contributed by atoms with van der Waals surface area (Å²) in [7, 11) is 0. The molecule has 2 N–H and O–H groups in total. The molecule has 126 valence electrons. The monoisotopic (exact) mass is 328 g/mol. The van der Waals surface area contributed by atoms with E-state index in [1.165, 1.54) is 12.8 Å². The van der Waals surface area contributed by atoms with Gasteiger partial charge in [0.1, 0.15) is 12.4 Å². The molecule has 1 fully saturated rings. The minimum absolute atomic E-state index is 0.119. The van der Waals surface area contributed by atoms with Crippen molar-refractivity contribution in [2.24, 2.45) is 5.92 Å².